The summed E-state index contributed by atoms with van der Waals surface area (Å²) in [7, 11) is 0. The van der Waals surface area contributed by atoms with Gasteiger partial charge in [0.2, 0.25) is 0 Å². The molecule has 0 atom stereocenters. The second-order valence-electron chi connectivity index (χ2n) is 12.4. The van der Waals surface area contributed by atoms with Gasteiger partial charge < -0.3 is 4.57 Å². The van der Waals surface area contributed by atoms with Crippen LogP contribution in [0.5, 0.6) is 0 Å². The Morgan fingerprint density at radius 3 is 1.90 bits per heavy atom. The van der Waals surface area contributed by atoms with E-state index in [2.05, 4.69) is 102 Å². The third-order valence-corrected chi connectivity index (χ3v) is 11.9. The second kappa shape index (κ2) is 11.2. The Morgan fingerprint density at radius 2 is 1.10 bits per heavy atom. The highest BCUT2D eigenvalue weighted by molar-refractivity contribution is 7.26. The number of hydrogen-bond donors (Lipinski definition) is 0. The van der Waals surface area contributed by atoms with Gasteiger partial charge in [-0.15, -0.1) is 22.7 Å². The zero-order valence-electron chi connectivity index (χ0n) is 31.7. The molecule has 0 fully saturated rings. The molecule has 0 aliphatic heterocycles. The Balaban J connectivity index is 1.19. The highest BCUT2D eigenvalue weighted by Gasteiger charge is 2.19. The van der Waals surface area contributed by atoms with Crippen molar-refractivity contribution in [3.05, 3.63) is 158 Å². The van der Waals surface area contributed by atoms with E-state index in [1.54, 1.807) is 22.7 Å². The fourth-order valence-corrected chi connectivity index (χ4v) is 9.66. The monoisotopic (exact) mass is 691 g/mol. The van der Waals surface area contributed by atoms with Gasteiger partial charge in [0.05, 0.1) is 23.6 Å². The van der Waals surface area contributed by atoms with E-state index in [1.807, 2.05) is 30.3 Å². The van der Waals surface area contributed by atoms with E-state index in [-0.39, 0.29) is 23.5 Å². The van der Waals surface area contributed by atoms with Crippen molar-refractivity contribution in [2.24, 2.45) is 0 Å². The van der Waals surface area contributed by atoms with Crippen LogP contribution in [-0.2, 0) is 0 Å². The van der Waals surface area contributed by atoms with Crippen LogP contribution in [0.2, 0.25) is 0 Å². The molecule has 238 valence electrons. The van der Waals surface area contributed by atoms with Crippen molar-refractivity contribution in [3.8, 4) is 39.9 Å². The van der Waals surface area contributed by atoms with E-state index >= 15 is 0 Å². The lowest BCUT2D eigenvalue weighted by molar-refractivity contribution is 1.08. The normalized spacial score (nSPS) is 13.3. The third-order valence-electron chi connectivity index (χ3n) is 9.56. The van der Waals surface area contributed by atoms with Crippen LogP contribution in [-0.4, -0.2) is 19.5 Å². The lowest BCUT2D eigenvalue weighted by atomic mass is 10.1. The molecule has 11 rings (SSSR count). The quantitative estimate of drug-likeness (QED) is 0.184. The van der Waals surface area contributed by atoms with Gasteiger partial charge in [-0.2, -0.15) is 0 Å². The van der Waals surface area contributed by atoms with Gasteiger partial charge in [-0.25, -0.2) is 15.0 Å². The van der Waals surface area contributed by atoms with Crippen molar-refractivity contribution in [1.29, 1.82) is 0 Å². The minimum absolute atomic E-state index is 0.0151. The van der Waals surface area contributed by atoms with Crippen molar-refractivity contribution >= 4 is 84.8 Å². The van der Waals surface area contributed by atoms with Gasteiger partial charge in [-0.3, -0.25) is 0 Å². The molecular weight excluding hydrogens is 661 g/mol. The second-order valence-corrected chi connectivity index (χ2v) is 14.6. The topological polar surface area (TPSA) is 43.6 Å². The average Bonchev–Trinajstić information content (AvgIpc) is 3.91. The first-order valence-corrected chi connectivity index (χ1v) is 18.2. The van der Waals surface area contributed by atoms with Crippen LogP contribution in [0.4, 0.5) is 0 Å². The molecule has 4 aromatic heterocycles. The number of benzene rings is 7. The summed E-state index contributed by atoms with van der Waals surface area (Å²) in [6, 6.07) is 41.8. The molecule has 4 nitrogen and oxygen atoms in total. The molecule has 0 spiro atoms. The molecule has 0 N–H and O–H groups in total. The molecule has 4 heterocycles. The zero-order chi connectivity index (χ0) is 37.8. The smallest absolute Gasteiger partial charge is 0.165 e. The van der Waals surface area contributed by atoms with Crippen LogP contribution in [0.1, 0.15) is 6.85 Å². The van der Waals surface area contributed by atoms with Crippen LogP contribution >= 0.6 is 22.7 Å². The summed E-state index contributed by atoms with van der Waals surface area (Å²) in [4.78, 5) is 14.9. The number of thiophene rings is 2. The number of fused-ring (bicyclic) bond motifs is 9. The van der Waals surface area contributed by atoms with E-state index in [0.717, 1.165) is 68.2 Å². The predicted octanol–water partition coefficient (Wildman–Crippen LogP) is 12.7. The predicted molar refractivity (Wildman–Crippen MR) is 216 cm³/mol. The molecule has 0 bridgehead atoms. The van der Waals surface area contributed by atoms with Gasteiger partial charge in [0.1, 0.15) is 0 Å². The van der Waals surface area contributed by atoms with E-state index in [1.165, 1.54) is 10.8 Å². The highest BCUT2D eigenvalue weighted by atomic mass is 32.1. The van der Waals surface area contributed by atoms with Crippen LogP contribution in [0.25, 0.3) is 102 Å². The SMILES string of the molecule is [2H]c1c([2H])c([2H])c(-c2nc(-c3ccc4sc5cccc(-n6c7ccccc7c7ccccc76)c5c4c3)nc(-c3cccc4c3sc3ccccc34)n2)c([2H])c1[2H]. The van der Waals surface area contributed by atoms with E-state index in [4.69, 9.17) is 21.8 Å². The zero-order valence-corrected chi connectivity index (χ0v) is 28.4. The first-order chi connectivity index (χ1) is 27.4. The molecule has 0 radical (unpaired) electrons. The highest BCUT2D eigenvalue weighted by Crippen LogP contribution is 2.43. The van der Waals surface area contributed by atoms with Crippen molar-refractivity contribution in [3.63, 3.8) is 0 Å². The fourth-order valence-electron chi connectivity index (χ4n) is 7.34. The maximum absolute atomic E-state index is 8.84. The number of para-hydroxylation sites is 2. The van der Waals surface area contributed by atoms with Crippen LogP contribution in [0.15, 0.2) is 158 Å². The maximum atomic E-state index is 8.84. The molecule has 0 saturated heterocycles. The summed E-state index contributed by atoms with van der Waals surface area (Å²) in [6.45, 7) is 0. The summed E-state index contributed by atoms with van der Waals surface area (Å²) < 4.78 is 49.5. The minimum atomic E-state index is -0.470. The van der Waals surface area contributed by atoms with Gasteiger partial charge in [-0.05, 0) is 54.6 Å². The summed E-state index contributed by atoms with van der Waals surface area (Å²) in [5.74, 6) is 0.710. The minimum Gasteiger partial charge on any atom is -0.309 e. The number of nitrogens with zero attached hydrogens (tertiary/aromatic N) is 4. The van der Waals surface area contributed by atoms with Crippen molar-refractivity contribution < 1.29 is 6.85 Å². The lowest BCUT2D eigenvalue weighted by Gasteiger charge is -2.11. The Morgan fingerprint density at radius 1 is 0.471 bits per heavy atom. The van der Waals surface area contributed by atoms with E-state index in [0.29, 0.717) is 11.6 Å². The van der Waals surface area contributed by atoms with Crippen LogP contribution in [0.3, 0.4) is 0 Å². The molecule has 6 heteroatoms. The largest absolute Gasteiger partial charge is 0.309 e. The molecule has 0 saturated carbocycles. The van der Waals surface area contributed by atoms with Crippen molar-refractivity contribution in [2.45, 2.75) is 0 Å². The molecule has 0 aliphatic rings. The van der Waals surface area contributed by atoms with E-state index in [9.17, 15) is 0 Å². The summed E-state index contributed by atoms with van der Waals surface area (Å²) in [6.07, 6.45) is 0. The van der Waals surface area contributed by atoms with Gasteiger partial charge in [0.15, 0.2) is 17.5 Å². The number of aromatic nitrogens is 4. The molecule has 7 aromatic carbocycles. The Kier molecular flexibility index (Phi) is 5.25. The number of rotatable bonds is 4. The first kappa shape index (κ1) is 24.0. The molecule has 11 aromatic rings. The van der Waals surface area contributed by atoms with Crippen molar-refractivity contribution in [1.82, 2.24) is 19.5 Å². The summed E-state index contributed by atoms with van der Waals surface area (Å²) in [5.41, 5.74) is 4.73. The van der Waals surface area contributed by atoms with Gasteiger partial charge in [0.25, 0.3) is 0 Å². The van der Waals surface area contributed by atoms with Crippen LogP contribution in [0, 0.1) is 0 Å². The molecular formula is C45H26N4S2. The first-order valence-electron chi connectivity index (χ1n) is 19.0. The van der Waals surface area contributed by atoms with Gasteiger partial charge >= 0.3 is 0 Å². The Labute approximate surface area is 307 Å². The van der Waals surface area contributed by atoms with E-state index < -0.39 is 18.1 Å². The maximum Gasteiger partial charge on any atom is 0.165 e. The summed E-state index contributed by atoms with van der Waals surface area (Å²) >= 11 is 3.37. The molecule has 0 unspecified atom stereocenters. The van der Waals surface area contributed by atoms with Gasteiger partial charge in [-0.1, -0.05) is 103 Å². The Hall–Kier alpha value is -6.21. The fraction of sp³-hybridized carbons (Fsp3) is 0. The Bertz CT molecular complexity index is 3380. The molecule has 0 amide bonds. The standard InChI is InChI=1S/C45H26N4S2/c1-2-12-27(13-3-1)43-46-44(48-45(47-43)33-18-10-17-32-31-16-6-9-22-38(31)51-42(32)33)28-24-25-39-34(26-28)41-37(21-11-23-40(41)50-39)49-35-19-7-4-14-29(35)30-15-5-8-20-36(30)49/h1-26H/i1D,2D,3D,12D,13D. The summed E-state index contributed by atoms with van der Waals surface area (Å²) in [5, 5.41) is 6.72. The molecule has 0 aliphatic carbocycles. The number of hydrogen-bond acceptors (Lipinski definition) is 5. The molecule has 51 heavy (non-hydrogen) atoms. The third kappa shape index (κ3) is 4.40. The van der Waals surface area contributed by atoms with Gasteiger partial charge in [0, 0.05) is 67.8 Å². The van der Waals surface area contributed by atoms with Crippen LogP contribution < -0.4 is 0 Å². The van der Waals surface area contributed by atoms with Crippen molar-refractivity contribution in [2.75, 3.05) is 0 Å². The lowest BCUT2D eigenvalue weighted by Crippen LogP contribution is -2.00. The average molecular weight is 692 g/mol.